The zero-order chi connectivity index (χ0) is 26.3. The molecular weight excluding hydrogens is 501 g/mol. The third-order valence-electron chi connectivity index (χ3n) is 5.17. The standard InChI is InChI=1S/C14H26O3.C12H24O.C2H4O2.3Na.3H/c1-3-4-5-6-7-8-9-10-11-12-14(16)17-13(2)15;1-2-3-4-5-6-7-8-9-10-11-12-13;1-2(3)4;;;;;;/h3-12H2,1-2H3;12H,2-11H2,1H3;1H3,(H,3,4);;;;;;. The molecule has 0 fully saturated rings. The second kappa shape index (κ2) is 47.1. The molecule has 208 valence electrons. The number of hydrogen-bond acceptors (Lipinski definition) is 5. The van der Waals surface area contributed by atoms with E-state index in [1.165, 1.54) is 103 Å². The van der Waals surface area contributed by atoms with Crippen LogP contribution in [-0.4, -0.2) is 118 Å². The molecule has 6 nitrogen and oxygen atoms in total. The first-order chi connectivity index (χ1) is 16.3. The van der Waals surface area contributed by atoms with Crippen LogP contribution in [0.4, 0.5) is 0 Å². The average molecular weight is 559 g/mol. The number of aldehydes is 1. The topological polar surface area (TPSA) is 97.7 Å². The van der Waals surface area contributed by atoms with Crippen LogP contribution >= 0.6 is 0 Å². The molecule has 0 aliphatic rings. The number of esters is 2. The van der Waals surface area contributed by atoms with E-state index in [2.05, 4.69) is 18.6 Å². The van der Waals surface area contributed by atoms with E-state index in [0.29, 0.717) is 6.42 Å². The molecule has 0 unspecified atom stereocenters. The molecule has 0 aliphatic carbocycles. The van der Waals surface area contributed by atoms with Crippen molar-refractivity contribution in [2.75, 3.05) is 0 Å². The van der Waals surface area contributed by atoms with Gasteiger partial charge < -0.3 is 14.6 Å². The SMILES string of the molecule is CC(=O)O.CCCCCCCCCCCC(=O)OC(C)=O.CCCCCCCCCCCC=O.[NaH].[NaH].[NaH]. The van der Waals surface area contributed by atoms with Crippen molar-refractivity contribution in [3.63, 3.8) is 0 Å². The van der Waals surface area contributed by atoms with E-state index in [-0.39, 0.29) is 94.6 Å². The first-order valence-corrected chi connectivity index (χ1v) is 13.7. The molecule has 37 heavy (non-hydrogen) atoms. The van der Waals surface area contributed by atoms with Crippen LogP contribution in [-0.2, 0) is 23.9 Å². The van der Waals surface area contributed by atoms with Crippen LogP contribution in [0.25, 0.3) is 0 Å². The van der Waals surface area contributed by atoms with Crippen molar-refractivity contribution in [1.29, 1.82) is 0 Å². The zero-order valence-corrected chi connectivity index (χ0v) is 22.7. The Balaban J connectivity index is -0.000000108. The summed E-state index contributed by atoms with van der Waals surface area (Å²) in [5, 5.41) is 7.42. The Morgan fingerprint density at radius 3 is 1.19 bits per heavy atom. The number of carboxylic acids is 1. The monoisotopic (exact) mass is 558 g/mol. The summed E-state index contributed by atoms with van der Waals surface area (Å²) in [6.45, 7) is 6.81. The number of carbonyl (C=O) groups excluding carboxylic acids is 3. The van der Waals surface area contributed by atoms with Gasteiger partial charge in [0.25, 0.3) is 5.97 Å². The van der Waals surface area contributed by atoms with E-state index in [9.17, 15) is 14.4 Å². The van der Waals surface area contributed by atoms with Gasteiger partial charge >= 0.3 is 101 Å². The van der Waals surface area contributed by atoms with Gasteiger partial charge in [0.1, 0.15) is 6.29 Å². The van der Waals surface area contributed by atoms with Crippen molar-refractivity contribution in [3.8, 4) is 0 Å². The van der Waals surface area contributed by atoms with Gasteiger partial charge in [-0.1, -0.05) is 117 Å². The van der Waals surface area contributed by atoms with Crippen LogP contribution in [0.5, 0.6) is 0 Å². The van der Waals surface area contributed by atoms with Gasteiger partial charge in [0.15, 0.2) is 0 Å². The summed E-state index contributed by atoms with van der Waals surface area (Å²) in [5.74, 6) is -1.73. The van der Waals surface area contributed by atoms with Crippen LogP contribution in [0.1, 0.15) is 156 Å². The Labute approximate surface area is 294 Å². The van der Waals surface area contributed by atoms with E-state index < -0.39 is 11.9 Å². The first kappa shape index (κ1) is 51.1. The maximum absolute atomic E-state index is 11.0. The van der Waals surface area contributed by atoms with Crippen molar-refractivity contribution in [1.82, 2.24) is 0 Å². The quantitative estimate of drug-likeness (QED) is 0.0624. The van der Waals surface area contributed by atoms with Gasteiger partial charge in [-0.2, -0.15) is 0 Å². The predicted octanol–water partition coefficient (Wildman–Crippen LogP) is 6.25. The van der Waals surface area contributed by atoms with Crippen LogP contribution in [0, 0.1) is 0 Å². The number of carbonyl (C=O) groups is 4. The van der Waals surface area contributed by atoms with Crippen LogP contribution in [0.2, 0.25) is 0 Å². The van der Waals surface area contributed by atoms with Crippen molar-refractivity contribution in [3.05, 3.63) is 0 Å². The number of ether oxygens (including phenoxy) is 1. The van der Waals surface area contributed by atoms with E-state index in [1.54, 1.807) is 0 Å². The average Bonchev–Trinajstić information content (AvgIpc) is 2.76. The fraction of sp³-hybridized carbons (Fsp3) is 0.857. The molecule has 0 heterocycles. The molecule has 0 bridgehead atoms. The van der Waals surface area contributed by atoms with Gasteiger partial charge in [0.05, 0.1) is 0 Å². The van der Waals surface area contributed by atoms with E-state index in [4.69, 9.17) is 9.90 Å². The Morgan fingerprint density at radius 1 is 0.595 bits per heavy atom. The molecule has 9 heteroatoms. The van der Waals surface area contributed by atoms with E-state index in [0.717, 1.165) is 38.9 Å². The van der Waals surface area contributed by atoms with Gasteiger partial charge in [-0.15, -0.1) is 0 Å². The minimum atomic E-state index is -0.833. The third kappa shape index (κ3) is 67.2. The molecule has 0 aromatic rings. The number of carboxylic acid groups (broad SMARTS) is 1. The molecule has 0 aliphatic heterocycles. The molecule has 0 saturated heterocycles. The molecule has 0 rings (SSSR count). The van der Waals surface area contributed by atoms with Crippen LogP contribution < -0.4 is 0 Å². The predicted molar refractivity (Wildman–Crippen MR) is 161 cm³/mol. The van der Waals surface area contributed by atoms with Crippen LogP contribution in [0.15, 0.2) is 0 Å². The molecule has 0 spiro atoms. The molecule has 1 N–H and O–H groups in total. The van der Waals surface area contributed by atoms with Crippen molar-refractivity contribution in [2.24, 2.45) is 0 Å². The summed E-state index contributed by atoms with van der Waals surface area (Å²) in [5.41, 5.74) is 0. The summed E-state index contributed by atoms with van der Waals surface area (Å²) in [4.78, 5) is 40.5. The molecule has 0 atom stereocenters. The first-order valence-electron chi connectivity index (χ1n) is 13.7. The Kier molecular flexibility index (Phi) is 65.0. The molecule has 0 amide bonds. The molecule has 0 radical (unpaired) electrons. The summed E-state index contributed by atoms with van der Waals surface area (Å²) in [7, 11) is 0. The molecular formula is C28H57Na3O6. The van der Waals surface area contributed by atoms with Crippen molar-refractivity contribution < 1.29 is 29.0 Å². The number of aliphatic carboxylic acids is 1. The van der Waals surface area contributed by atoms with E-state index in [1.807, 2.05) is 0 Å². The summed E-state index contributed by atoms with van der Waals surface area (Å²) >= 11 is 0. The van der Waals surface area contributed by atoms with Crippen molar-refractivity contribution in [2.45, 2.75) is 156 Å². The van der Waals surface area contributed by atoms with Gasteiger partial charge in [-0.05, 0) is 12.8 Å². The molecule has 0 aromatic carbocycles. The van der Waals surface area contributed by atoms with Crippen molar-refractivity contribution >= 4 is 113 Å². The Hall–Kier alpha value is 1.28. The Bertz CT molecular complexity index is 473. The number of rotatable bonds is 20. The van der Waals surface area contributed by atoms with Gasteiger partial charge in [0.2, 0.25) is 0 Å². The molecule has 0 saturated carbocycles. The summed E-state index contributed by atoms with van der Waals surface area (Å²) in [6, 6.07) is 0. The molecule has 0 aromatic heterocycles. The van der Waals surface area contributed by atoms with E-state index >= 15 is 0 Å². The second-order valence-electron chi connectivity index (χ2n) is 8.85. The zero-order valence-electron chi connectivity index (χ0n) is 22.7. The van der Waals surface area contributed by atoms with Gasteiger partial charge in [-0.3, -0.25) is 14.4 Å². The summed E-state index contributed by atoms with van der Waals surface area (Å²) < 4.78 is 4.44. The third-order valence-corrected chi connectivity index (χ3v) is 5.17. The number of hydrogen-bond donors (Lipinski definition) is 1. The normalized spacial score (nSPS) is 8.97. The van der Waals surface area contributed by atoms with Gasteiger partial charge in [-0.25, -0.2) is 0 Å². The van der Waals surface area contributed by atoms with Gasteiger partial charge in [0, 0.05) is 26.7 Å². The van der Waals surface area contributed by atoms with Crippen LogP contribution in [0.3, 0.4) is 0 Å². The number of unbranched alkanes of at least 4 members (excludes halogenated alkanes) is 17. The fourth-order valence-corrected chi connectivity index (χ4v) is 3.33. The fourth-order valence-electron chi connectivity index (χ4n) is 3.33. The maximum atomic E-state index is 11.0. The summed E-state index contributed by atoms with van der Waals surface area (Å²) in [6.07, 6.45) is 25.1. The minimum absolute atomic E-state index is 0. The second-order valence-corrected chi connectivity index (χ2v) is 8.85. The Morgan fingerprint density at radius 2 is 0.892 bits per heavy atom.